The van der Waals surface area contributed by atoms with Crippen molar-refractivity contribution in [3.05, 3.63) is 178 Å². The SMILES string of the molecule is CC.CC.CC.CC.CC.CC.CCC.CCC.CCC.CCC.CCC.CCC.Cc1ccccc1C.Cc1cccnc1C.Cc1cccnc1C.Cc1ccncc1C.Cc1ccncc1C.Cc1cncnc1C. The van der Waals surface area contributed by atoms with Crippen LogP contribution in [-0.4, -0.2) is 29.9 Å². The lowest BCUT2D eigenvalue weighted by Gasteiger charge is -1.93. The van der Waals surface area contributed by atoms with E-state index in [-0.39, 0.29) is 0 Å². The molecule has 0 spiro atoms. The molecule has 0 bridgehead atoms. The molecule has 0 atom stereocenters. The molecule has 0 amide bonds. The van der Waals surface area contributed by atoms with Crippen molar-refractivity contribution in [2.45, 2.75) is 288 Å². The van der Waals surface area contributed by atoms with E-state index in [9.17, 15) is 0 Å². The van der Waals surface area contributed by atoms with Crippen molar-refractivity contribution in [2.24, 2.45) is 0 Å². The largest absolute Gasteiger partial charge is 0.264 e. The number of aromatic nitrogens is 6. The first-order valence-electron chi connectivity index (χ1n) is 30.6. The van der Waals surface area contributed by atoms with Gasteiger partial charge in [0.05, 0.1) is 0 Å². The second-order valence-electron chi connectivity index (χ2n) is 15.8. The molecule has 6 nitrogen and oxygen atoms in total. The van der Waals surface area contributed by atoms with Crippen molar-refractivity contribution in [3.8, 4) is 0 Å². The molecule has 0 aliphatic carbocycles. The summed E-state index contributed by atoms with van der Waals surface area (Å²) < 4.78 is 0. The summed E-state index contributed by atoms with van der Waals surface area (Å²) in [6.07, 6.45) is 21.8. The van der Waals surface area contributed by atoms with Crippen LogP contribution in [0, 0.1) is 83.1 Å². The first-order chi connectivity index (χ1) is 37.3. The van der Waals surface area contributed by atoms with Crippen LogP contribution in [0.4, 0.5) is 0 Å². The topological polar surface area (TPSA) is 77.3 Å². The lowest BCUT2D eigenvalue weighted by molar-refractivity contribution is 1.06. The summed E-state index contributed by atoms with van der Waals surface area (Å²) in [5.41, 5.74) is 14.8. The van der Waals surface area contributed by atoms with Gasteiger partial charge in [-0.1, -0.05) is 241 Å². The van der Waals surface area contributed by atoms with Crippen molar-refractivity contribution in [2.75, 3.05) is 0 Å². The zero-order valence-electron chi connectivity index (χ0n) is 59.3. The number of nitrogens with zero attached hydrogens (tertiary/aromatic N) is 6. The fourth-order valence-corrected chi connectivity index (χ4v) is 3.34. The smallest absolute Gasteiger partial charge is 0.115 e. The third-order valence-electron chi connectivity index (χ3n) is 7.73. The van der Waals surface area contributed by atoms with Crippen molar-refractivity contribution >= 4 is 0 Å². The van der Waals surface area contributed by atoms with E-state index in [1.165, 1.54) is 83.0 Å². The molecule has 0 aliphatic rings. The van der Waals surface area contributed by atoms with Gasteiger partial charge in [0.1, 0.15) is 6.33 Å². The minimum Gasteiger partial charge on any atom is -0.264 e. The summed E-state index contributed by atoms with van der Waals surface area (Å²) in [6, 6.07) is 20.4. The summed E-state index contributed by atoms with van der Waals surface area (Å²) in [5.74, 6) is 0. The van der Waals surface area contributed by atoms with E-state index in [0.717, 1.165) is 22.6 Å². The van der Waals surface area contributed by atoms with Crippen molar-refractivity contribution in [1.82, 2.24) is 29.9 Å². The lowest BCUT2D eigenvalue weighted by atomic mass is 10.1. The van der Waals surface area contributed by atoms with Crippen LogP contribution in [0.5, 0.6) is 0 Å². The van der Waals surface area contributed by atoms with E-state index in [0.29, 0.717) is 0 Å². The number of rotatable bonds is 0. The van der Waals surface area contributed by atoms with Crippen LogP contribution >= 0.6 is 0 Å². The average Bonchev–Trinajstić information content (AvgIpc) is 3.45. The van der Waals surface area contributed by atoms with Gasteiger partial charge in [0.25, 0.3) is 0 Å². The molecular formula is C72H138N6. The van der Waals surface area contributed by atoms with Gasteiger partial charge in [-0.3, -0.25) is 19.9 Å². The van der Waals surface area contributed by atoms with Gasteiger partial charge in [-0.2, -0.15) is 0 Å². The first kappa shape index (κ1) is 102. The van der Waals surface area contributed by atoms with Gasteiger partial charge >= 0.3 is 0 Å². The number of hydrogen-bond donors (Lipinski definition) is 0. The normalized spacial score (nSPS) is 7.54. The third kappa shape index (κ3) is 93.4. The zero-order chi connectivity index (χ0) is 64.1. The summed E-state index contributed by atoms with van der Waals surface area (Å²) >= 11 is 0. The molecule has 5 heterocycles. The van der Waals surface area contributed by atoms with Crippen LogP contribution in [0.1, 0.15) is 272 Å². The van der Waals surface area contributed by atoms with Crippen LogP contribution in [0.2, 0.25) is 0 Å². The van der Waals surface area contributed by atoms with Gasteiger partial charge in [-0.25, -0.2) is 9.97 Å². The van der Waals surface area contributed by atoms with Gasteiger partial charge < -0.3 is 0 Å². The number of aryl methyl sites for hydroxylation is 12. The van der Waals surface area contributed by atoms with Crippen LogP contribution in [0.25, 0.3) is 0 Å². The van der Waals surface area contributed by atoms with Gasteiger partial charge in [0, 0.05) is 60.5 Å². The molecule has 6 rings (SSSR count). The maximum Gasteiger partial charge on any atom is 0.115 e. The highest BCUT2D eigenvalue weighted by molar-refractivity contribution is 5.23. The van der Waals surface area contributed by atoms with Crippen LogP contribution in [-0.2, 0) is 0 Å². The Morgan fingerprint density at radius 3 is 0.590 bits per heavy atom. The quantitative estimate of drug-likeness (QED) is 0.151. The summed E-state index contributed by atoms with van der Waals surface area (Å²) in [7, 11) is 0. The van der Waals surface area contributed by atoms with E-state index in [1.807, 2.05) is 178 Å². The Balaban J connectivity index is -0.0000000610. The highest BCUT2D eigenvalue weighted by Crippen LogP contribution is 2.04. The molecule has 1 aromatic carbocycles. The molecule has 0 saturated heterocycles. The molecule has 0 fully saturated rings. The monoisotopic (exact) mass is 1090 g/mol. The molecule has 78 heavy (non-hydrogen) atoms. The molecule has 0 aliphatic heterocycles. The highest BCUT2D eigenvalue weighted by atomic mass is 14.8. The van der Waals surface area contributed by atoms with Crippen molar-refractivity contribution in [1.29, 1.82) is 0 Å². The molecule has 0 unspecified atom stereocenters. The third-order valence-corrected chi connectivity index (χ3v) is 7.73. The minimum absolute atomic E-state index is 1.06. The Labute approximate surface area is 492 Å². The molecule has 5 aromatic heterocycles. The minimum atomic E-state index is 1.06. The maximum atomic E-state index is 4.08. The molecule has 0 N–H and O–H groups in total. The number of hydrogen-bond acceptors (Lipinski definition) is 6. The predicted octanol–water partition coefficient (Wildman–Crippen LogP) is 24.8. The highest BCUT2D eigenvalue weighted by Gasteiger charge is 1.89. The van der Waals surface area contributed by atoms with Crippen molar-refractivity contribution in [3.63, 3.8) is 0 Å². The van der Waals surface area contributed by atoms with E-state index in [2.05, 4.69) is 205 Å². The molecule has 0 radical (unpaired) electrons. The number of pyridine rings is 4. The molecule has 456 valence electrons. The zero-order valence-corrected chi connectivity index (χ0v) is 59.3. The molecular weight excluding hydrogens is 949 g/mol. The second-order valence-corrected chi connectivity index (χ2v) is 15.8. The maximum absolute atomic E-state index is 4.08. The van der Waals surface area contributed by atoms with Gasteiger partial charge in [-0.15, -0.1) is 0 Å². The first-order valence-corrected chi connectivity index (χ1v) is 30.6. The average molecular weight is 1090 g/mol. The summed E-state index contributed by atoms with van der Waals surface area (Å²) in [5, 5.41) is 0. The summed E-state index contributed by atoms with van der Waals surface area (Å²) in [6.45, 7) is 74.1. The van der Waals surface area contributed by atoms with Crippen LogP contribution < -0.4 is 0 Å². The number of benzene rings is 1. The van der Waals surface area contributed by atoms with Crippen LogP contribution in [0.3, 0.4) is 0 Å². The Hall–Kier alpha value is -5.10. The van der Waals surface area contributed by atoms with Gasteiger partial charge in [-0.05, 0) is 157 Å². The van der Waals surface area contributed by atoms with Crippen molar-refractivity contribution < 1.29 is 0 Å². The Kier molecular flexibility index (Phi) is 127. The standard InChI is InChI=1S/C8H10.4C7H9N.C6H8N2.6C3H8.6C2H6/c1-7-5-3-4-6-8(7)2;2*1-6-3-4-8-5-7(6)2;2*1-6-4-3-5-8-7(6)2;1-5-3-7-4-8-6(5)2;6*1-3-2;6*1-2/h3-6H,1-2H3;4*3-5H,1-2H3;3-4H,1-2H3;6*3H2,1-2H3;6*1-2H3. The Morgan fingerprint density at radius 1 is 0.231 bits per heavy atom. The Bertz CT molecular complexity index is 1390. The molecule has 6 aromatic rings. The molecule has 6 heteroatoms. The lowest BCUT2D eigenvalue weighted by Crippen LogP contribution is -1.85. The van der Waals surface area contributed by atoms with Crippen LogP contribution in [0.15, 0.2) is 110 Å². The van der Waals surface area contributed by atoms with Gasteiger partial charge in [0.2, 0.25) is 0 Å². The van der Waals surface area contributed by atoms with E-state index in [1.54, 1.807) is 6.33 Å². The predicted molar refractivity (Wildman–Crippen MR) is 366 cm³/mol. The fraction of sp³-hybridized carbons (Fsp3) is 0.583. The van der Waals surface area contributed by atoms with E-state index >= 15 is 0 Å². The second kappa shape index (κ2) is 97.5. The van der Waals surface area contributed by atoms with Gasteiger partial charge in [0.15, 0.2) is 0 Å². The molecule has 0 saturated carbocycles. The van der Waals surface area contributed by atoms with E-state index < -0.39 is 0 Å². The van der Waals surface area contributed by atoms with E-state index in [4.69, 9.17) is 0 Å². The Morgan fingerprint density at radius 2 is 0.449 bits per heavy atom. The summed E-state index contributed by atoms with van der Waals surface area (Å²) in [4.78, 5) is 23.8. The fourth-order valence-electron chi connectivity index (χ4n) is 3.34.